The number of alkyl halides is 1. The van der Waals surface area contributed by atoms with Crippen LogP contribution in [-0.2, 0) is 4.79 Å². The molecule has 2 unspecified atom stereocenters. The number of rotatable bonds is 2. The maximum atomic E-state index is 12.0. The Morgan fingerprint density at radius 3 is 2.75 bits per heavy atom. The molecule has 0 aromatic heterocycles. The van der Waals surface area contributed by atoms with Crippen LogP contribution in [0.4, 0.5) is 4.79 Å². The molecular formula is C9H13BrN4O2. The normalized spacial score (nSPS) is 29.1. The number of hydrogen-bond acceptors (Lipinski definition) is 4. The minimum absolute atomic E-state index is 0.188. The van der Waals surface area contributed by atoms with E-state index in [4.69, 9.17) is 0 Å². The van der Waals surface area contributed by atoms with E-state index in [-0.39, 0.29) is 24.1 Å². The molecule has 16 heavy (non-hydrogen) atoms. The summed E-state index contributed by atoms with van der Waals surface area (Å²) in [5.41, 5.74) is 0. The summed E-state index contributed by atoms with van der Waals surface area (Å²) in [4.78, 5) is 32.4. The average Bonchev–Trinajstić information content (AvgIpc) is 2.68. The van der Waals surface area contributed by atoms with Crippen molar-refractivity contribution < 1.29 is 9.59 Å². The Balaban J connectivity index is 2.26. The van der Waals surface area contributed by atoms with Crippen molar-refractivity contribution in [3.8, 4) is 0 Å². The van der Waals surface area contributed by atoms with Gasteiger partial charge in [-0.3, -0.25) is 9.69 Å². The lowest BCUT2D eigenvalue weighted by molar-refractivity contribution is -0.135. The van der Waals surface area contributed by atoms with Crippen LogP contribution in [0, 0.1) is 0 Å². The second-order valence-electron chi connectivity index (χ2n) is 3.84. The Morgan fingerprint density at radius 2 is 2.12 bits per heavy atom. The van der Waals surface area contributed by atoms with Gasteiger partial charge in [0, 0.05) is 26.0 Å². The highest BCUT2D eigenvalue weighted by atomic mass is 79.9. The number of halogens is 1. The van der Waals surface area contributed by atoms with Crippen molar-refractivity contribution in [1.82, 2.24) is 14.7 Å². The van der Waals surface area contributed by atoms with Gasteiger partial charge in [0.1, 0.15) is 0 Å². The van der Waals surface area contributed by atoms with Gasteiger partial charge in [-0.1, -0.05) is 15.9 Å². The highest BCUT2D eigenvalue weighted by molar-refractivity contribution is 9.09. The molecule has 0 aliphatic carbocycles. The van der Waals surface area contributed by atoms with E-state index >= 15 is 0 Å². The van der Waals surface area contributed by atoms with Crippen molar-refractivity contribution in [2.45, 2.75) is 12.2 Å². The van der Waals surface area contributed by atoms with E-state index in [0.717, 1.165) is 10.2 Å². The molecule has 88 valence electrons. The standard InChI is InChI=1S/C9H13BrN4O2/c1-12-7-6(8(15)13(2)9(12)16)14(4-3-10)5-11-7/h5-7H,3-4H2,1-2H3. The van der Waals surface area contributed by atoms with E-state index in [1.165, 1.54) is 11.9 Å². The van der Waals surface area contributed by atoms with Crippen LogP contribution < -0.4 is 0 Å². The van der Waals surface area contributed by atoms with Crippen LogP contribution in [0.15, 0.2) is 4.99 Å². The third kappa shape index (κ3) is 1.50. The molecular weight excluding hydrogens is 276 g/mol. The van der Waals surface area contributed by atoms with E-state index in [9.17, 15) is 9.59 Å². The molecule has 0 bridgehead atoms. The molecule has 2 rings (SSSR count). The largest absolute Gasteiger partial charge is 0.347 e. The summed E-state index contributed by atoms with van der Waals surface area (Å²) in [7, 11) is 3.17. The first-order chi connectivity index (χ1) is 7.57. The van der Waals surface area contributed by atoms with E-state index in [0.29, 0.717) is 6.54 Å². The molecule has 2 atom stereocenters. The van der Waals surface area contributed by atoms with Crippen LogP contribution in [0.5, 0.6) is 0 Å². The molecule has 2 heterocycles. The molecule has 3 amide bonds. The first-order valence-electron chi connectivity index (χ1n) is 4.97. The highest BCUT2D eigenvalue weighted by Crippen LogP contribution is 2.24. The highest BCUT2D eigenvalue weighted by Gasteiger charge is 2.47. The number of amides is 3. The quantitative estimate of drug-likeness (QED) is 0.669. The zero-order chi connectivity index (χ0) is 11.9. The lowest BCUT2D eigenvalue weighted by atomic mass is 10.1. The number of nitrogens with zero attached hydrogens (tertiary/aromatic N) is 4. The average molecular weight is 289 g/mol. The molecule has 0 N–H and O–H groups in total. The second-order valence-corrected chi connectivity index (χ2v) is 4.63. The Morgan fingerprint density at radius 1 is 1.44 bits per heavy atom. The number of aliphatic imine (C=N–C) groups is 1. The fourth-order valence-corrected chi connectivity index (χ4v) is 2.41. The number of likely N-dealkylation sites (N-methyl/N-ethyl adjacent to an activating group) is 2. The van der Waals surface area contributed by atoms with Gasteiger partial charge in [-0.15, -0.1) is 0 Å². The number of imide groups is 1. The summed E-state index contributed by atoms with van der Waals surface area (Å²) >= 11 is 3.33. The Hall–Kier alpha value is -1.11. The molecule has 0 spiro atoms. The first kappa shape index (κ1) is 11.4. The van der Waals surface area contributed by atoms with E-state index in [2.05, 4.69) is 20.9 Å². The van der Waals surface area contributed by atoms with E-state index < -0.39 is 0 Å². The lowest BCUT2D eigenvalue weighted by Crippen LogP contribution is -2.63. The van der Waals surface area contributed by atoms with Gasteiger partial charge < -0.3 is 9.80 Å². The van der Waals surface area contributed by atoms with Crippen molar-refractivity contribution in [2.24, 2.45) is 4.99 Å². The van der Waals surface area contributed by atoms with Crippen molar-refractivity contribution in [3.05, 3.63) is 0 Å². The van der Waals surface area contributed by atoms with Gasteiger partial charge in [0.25, 0.3) is 5.91 Å². The van der Waals surface area contributed by atoms with Gasteiger partial charge in [0.05, 0.1) is 6.34 Å². The zero-order valence-electron chi connectivity index (χ0n) is 9.13. The third-order valence-electron chi connectivity index (χ3n) is 2.92. The SMILES string of the molecule is CN1C(=O)C2C(N=CN2CCBr)N(C)C1=O. The van der Waals surface area contributed by atoms with Crippen molar-refractivity contribution in [2.75, 3.05) is 26.0 Å². The monoisotopic (exact) mass is 288 g/mol. The predicted molar refractivity (Wildman–Crippen MR) is 62.5 cm³/mol. The van der Waals surface area contributed by atoms with Crippen LogP contribution in [-0.4, -0.2) is 71.2 Å². The van der Waals surface area contributed by atoms with Crippen molar-refractivity contribution in [1.29, 1.82) is 0 Å². The Kier molecular flexibility index (Phi) is 2.88. The van der Waals surface area contributed by atoms with E-state index in [1.807, 2.05) is 4.90 Å². The second kappa shape index (κ2) is 4.04. The van der Waals surface area contributed by atoms with Gasteiger partial charge >= 0.3 is 6.03 Å². The van der Waals surface area contributed by atoms with Gasteiger partial charge in [-0.25, -0.2) is 9.79 Å². The van der Waals surface area contributed by atoms with Gasteiger partial charge in [0.2, 0.25) is 0 Å². The molecule has 6 nitrogen and oxygen atoms in total. The molecule has 0 aromatic rings. The molecule has 1 fully saturated rings. The van der Waals surface area contributed by atoms with Crippen molar-refractivity contribution >= 4 is 34.2 Å². The summed E-state index contributed by atoms with van der Waals surface area (Å²) in [5.74, 6) is -0.188. The Labute approximate surface area is 102 Å². The maximum Gasteiger partial charge on any atom is 0.328 e. The molecule has 2 aliphatic rings. The number of carbonyl (C=O) groups excluding carboxylic acids is 2. The number of fused-ring (bicyclic) bond motifs is 1. The summed E-state index contributed by atoms with van der Waals surface area (Å²) < 4.78 is 0. The maximum absolute atomic E-state index is 12.0. The van der Waals surface area contributed by atoms with Crippen LogP contribution in [0.3, 0.4) is 0 Å². The summed E-state index contributed by atoms with van der Waals surface area (Å²) in [5, 5.41) is 0.761. The minimum Gasteiger partial charge on any atom is -0.347 e. The molecule has 0 saturated carbocycles. The van der Waals surface area contributed by atoms with Gasteiger partial charge in [0.15, 0.2) is 12.2 Å². The van der Waals surface area contributed by atoms with Crippen LogP contribution in [0.2, 0.25) is 0 Å². The molecule has 0 aromatic carbocycles. The van der Waals surface area contributed by atoms with Crippen LogP contribution in [0.1, 0.15) is 0 Å². The fourth-order valence-electron chi connectivity index (χ4n) is 2.00. The molecule has 0 radical (unpaired) electrons. The number of carbonyl (C=O) groups is 2. The number of urea groups is 1. The fraction of sp³-hybridized carbons (Fsp3) is 0.667. The summed E-state index contributed by atoms with van der Waals surface area (Å²) in [6.45, 7) is 0.701. The molecule has 1 saturated heterocycles. The summed E-state index contributed by atoms with van der Waals surface area (Å²) in [6.07, 6.45) is 1.27. The zero-order valence-corrected chi connectivity index (χ0v) is 10.7. The predicted octanol–water partition coefficient (Wildman–Crippen LogP) is -0.0563. The molecule has 7 heteroatoms. The van der Waals surface area contributed by atoms with Crippen LogP contribution in [0.25, 0.3) is 0 Å². The number of hydrogen-bond donors (Lipinski definition) is 0. The Bertz CT molecular complexity index is 359. The molecule has 2 aliphatic heterocycles. The van der Waals surface area contributed by atoms with Gasteiger partial charge in [-0.2, -0.15) is 0 Å². The van der Waals surface area contributed by atoms with Gasteiger partial charge in [-0.05, 0) is 0 Å². The summed E-state index contributed by atoms with van der Waals surface area (Å²) in [6, 6.07) is -0.672. The first-order valence-corrected chi connectivity index (χ1v) is 6.09. The van der Waals surface area contributed by atoms with Crippen LogP contribution >= 0.6 is 15.9 Å². The smallest absolute Gasteiger partial charge is 0.328 e. The van der Waals surface area contributed by atoms with Crippen molar-refractivity contribution in [3.63, 3.8) is 0 Å². The third-order valence-corrected chi connectivity index (χ3v) is 3.27. The topological polar surface area (TPSA) is 56.2 Å². The lowest BCUT2D eigenvalue weighted by Gasteiger charge is -2.39. The van der Waals surface area contributed by atoms with E-state index in [1.54, 1.807) is 13.4 Å². The minimum atomic E-state index is -0.379.